The van der Waals surface area contributed by atoms with Gasteiger partial charge in [0.15, 0.2) is 11.5 Å². The van der Waals surface area contributed by atoms with Crippen LogP contribution in [0.15, 0.2) is 66.7 Å². The Morgan fingerprint density at radius 2 is 1.71 bits per heavy atom. The van der Waals surface area contributed by atoms with Gasteiger partial charge in [0.1, 0.15) is 6.61 Å². The van der Waals surface area contributed by atoms with Crippen LogP contribution in [0.3, 0.4) is 0 Å². The van der Waals surface area contributed by atoms with Gasteiger partial charge in [0.05, 0.1) is 17.8 Å². The smallest absolute Gasteiger partial charge is 0.322 e. The van der Waals surface area contributed by atoms with Gasteiger partial charge in [0, 0.05) is 17.6 Å². The van der Waals surface area contributed by atoms with Crippen molar-refractivity contribution in [3.8, 4) is 11.5 Å². The number of ether oxygens (including phenoxy) is 2. The third-order valence-corrected chi connectivity index (χ3v) is 6.81. The number of nitrogens with one attached hydrogen (secondary N) is 1. The van der Waals surface area contributed by atoms with Crippen molar-refractivity contribution in [2.75, 3.05) is 12.4 Å². The maximum Gasteiger partial charge on any atom is 0.322 e. The van der Waals surface area contributed by atoms with Crippen LogP contribution in [0, 0.1) is 0 Å². The minimum Gasteiger partial charge on any atom is -0.493 e. The monoisotopic (exact) mass is 512 g/mol. The minimum atomic E-state index is -0.176. The molecule has 5 nitrogen and oxygen atoms in total. The summed E-state index contributed by atoms with van der Waals surface area (Å²) < 4.78 is 11.6. The Balaban J connectivity index is 1.51. The Bertz CT molecular complexity index is 1130. The molecule has 184 valence electrons. The summed E-state index contributed by atoms with van der Waals surface area (Å²) in [6.07, 6.45) is 5.40. The SMILES string of the molecule is COc1cc(CN(C(=O)Nc2ccc(Cl)cc2Cl)C2CCCCC2)ccc1OCc1ccccc1. The summed E-state index contributed by atoms with van der Waals surface area (Å²) in [5.74, 6) is 1.31. The number of anilines is 1. The highest BCUT2D eigenvalue weighted by Gasteiger charge is 2.26. The zero-order valence-electron chi connectivity index (χ0n) is 19.8. The molecule has 0 aliphatic heterocycles. The number of amides is 2. The number of hydrogen-bond acceptors (Lipinski definition) is 3. The zero-order valence-corrected chi connectivity index (χ0v) is 21.3. The van der Waals surface area contributed by atoms with Crippen molar-refractivity contribution in [1.82, 2.24) is 4.90 Å². The van der Waals surface area contributed by atoms with Gasteiger partial charge in [-0.2, -0.15) is 0 Å². The molecule has 0 bridgehead atoms. The third kappa shape index (κ3) is 6.83. The number of halogens is 2. The second kappa shape index (κ2) is 12.2. The molecule has 0 heterocycles. The number of nitrogens with zero attached hydrogens (tertiary/aromatic N) is 1. The number of carbonyl (C=O) groups is 1. The van der Waals surface area contributed by atoms with Crippen molar-refractivity contribution in [1.29, 1.82) is 0 Å². The van der Waals surface area contributed by atoms with Gasteiger partial charge >= 0.3 is 6.03 Å². The highest BCUT2D eigenvalue weighted by molar-refractivity contribution is 6.36. The van der Waals surface area contributed by atoms with Gasteiger partial charge in [-0.25, -0.2) is 4.79 Å². The Labute approximate surface area is 216 Å². The molecule has 1 saturated carbocycles. The van der Waals surface area contributed by atoms with E-state index in [1.54, 1.807) is 25.3 Å². The summed E-state index contributed by atoms with van der Waals surface area (Å²) in [5.41, 5.74) is 2.60. The van der Waals surface area contributed by atoms with E-state index in [4.69, 9.17) is 32.7 Å². The zero-order chi connectivity index (χ0) is 24.6. The summed E-state index contributed by atoms with van der Waals surface area (Å²) >= 11 is 12.3. The number of methoxy groups -OCH3 is 1. The van der Waals surface area contributed by atoms with Crippen LogP contribution < -0.4 is 14.8 Å². The molecule has 1 aliphatic rings. The number of benzene rings is 3. The lowest BCUT2D eigenvalue weighted by Crippen LogP contribution is -2.43. The number of urea groups is 1. The normalized spacial score (nSPS) is 13.8. The van der Waals surface area contributed by atoms with Gasteiger partial charge in [0.2, 0.25) is 0 Å². The van der Waals surface area contributed by atoms with Crippen LogP contribution >= 0.6 is 23.2 Å². The fourth-order valence-electron chi connectivity index (χ4n) is 4.40. The molecule has 3 aromatic carbocycles. The molecule has 2 amide bonds. The molecule has 3 aromatic rings. The van der Waals surface area contributed by atoms with E-state index in [1.165, 1.54) is 6.42 Å². The lowest BCUT2D eigenvalue weighted by Gasteiger charge is -2.34. The average Bonchev–Trinajstić information content (AvgIpc) is 2.89. The molecule has 1 N–H and O–H groups in total. The van der Waals surface area contributed by atoms with Crippen molar-refractivity contribution >= 4 is 34.9 Å². The van der Waals surface area contributed by atoms with Crippen molar-refractivity contribution in [2.24, 2.45) is 0 Å². The molecule has 1 aliphatic carbocycles. The van der Waals surface area contributed by atoms with Crippen molar-refractivity contribution in [3.63, 3.8) is 0 Å². The van der Waals surface area contributed by atoms with Crippen molar-refractivity contribution < 1.29 is 14.3 Å². The quantitative estimate of drug-likeness (QED) is 0.333. The molecule has 0 saturated heterocycles. The van der Waals surface area contributed by atoms with Gasteiger partial charge in [-0.1, -0.05) is 78.9 Å². The van der Waals surface area contributed by atoms with Crippen LogP contribution in [0.4, 0.5) is 10.5 Å². The van der Waals surface area contributed by atoms with E-state index in [0.717, 1.165) is 36.8 Å². The van der Waals surface area contributed by atoms with Crippen molar-refractivity contribution in [3.05, 3.63) is 87.9 Å². The van der Waals surface area contributed by atoms with E-state index < -0.39 is 0 Å². The molecular formula is C28H30Cl2N2O3. The molecule has 4 rings (SSSR count). The lowest BCUT2D eigenvalue weighted by molar-refractivity contribution is 0.162. The van der Waals surface area contributed by atoms with E-state index in [1.807, 2.05) is 53.4 Å². The minimum absolute atomic E-state index is 0.162. The maximum absolute atomic E-state index is 13.4. The summed E-state index contributed by atoms with van der Waals surface area (Å²) in [5, 5.41) is 3.91. The molecule has 35 heavy (non-hydrogen) atoms. The topological polar surface area (TPSA) is 50.8 Å². The molecule has 7 heteroatoms. The largest absolute Gasteiger partial charge is 0.493 e. The summed E-state index contributed by atoms with van der Waals surface area (Å²) in [6, 6.07) is 20.9. The molecule has 0 unspecified atom stereocenters. The van der Waals surface area contributed by atoms with Crippen LogP contribution in [-0.4, -0.2) is 24.1 Å². The fraction of sp³-hybridized carbons (Fsp3) is 0.321. The second-order valence-electron chi connectivity index (χ2n) is 8.73. The molecule has 0 atom stereocenters. The first-order valence-electron chi connectivity index (χ1n) is 11.9. The average molecular weight is 513 g/mol. The highest BCUT2D eigenvalue weighted by atomic mass is 35.5. The Morgan fingerprint density at radius 1 is 0.943 bits per heavy atom. The molecule has 0 radical (unpaired) electrons. The van der Waals surface area contributed by atoms with Gasteiger partial charge in [-0.15, -0.1) is 0 Å². The first-order valence-corrected chi connectivity index (χ1v) is 12.7. The predicted octanol–water partition coefficient (Wildman–Crippen LogP) is 7.95. The molecular weight excluding hydrogens is 483 g/mol. The number of rotatable bonds is 8. The van der Waals surface area contributed by atoms with Gasteiger partial charge in [0.25, 0.3) is 0 Å². The van der Waals surface area contributed by atoms with Gasteiger partial charge in [-0.05, 0) is 54.3 Å². The Morgan fingerprint density at radius 3 is 2.43 bits per heavy atom. The van der Waals surface area contributed by atoms with E-state index in [-0.39, 0.29) is 12.1 Å². The highest BCUT2D eigenvalue weighted by Crippen LogP contribution is 2.32. The summed E-state index contributed by atoms with van der Waals surface area (Å²) in [6.45, 7) is 0.909. The van der Waals surface area contributed by atoms with E-state index in [9.17, 15) is 4.79 Å². The molecule has 0 aromatic heterocycles. The van der Waals surface area contributed by atoms with Crippen LogP contribution in [0.5, 0.6) is 11.5 Å². The van der Waals surface area contributed by atoms with Gasteiger partial charge in [-0.3, -0.25) is 0 Å². The van der Waals surface area contributed by atoms with E-state index >= 15 is 0 Å². The second-order valence-corrected chi connectivity index (χ2v) is 9.58. The van der Waals surface area contributed by atoms with Crippen LogP contribution in [0.1, 0.15) is 43.2 Å². The van der Waals surface area contributed by atoms with Crippen LogP contribution in [0.25, 0.3) is 0 Å². The molecule has 1 fully saturated rings. The summed E-state index contributed by atoms with van der Waals surface area (Å²) in [4.78, 5) is 15.3. The first-order chi connectivity index (χ1) is 17.0. The Kier molecular flexibility index (Phi) is 8.78. The maximum atomic E-state index is 13.4. The Hall–Kier alpha value is -2.89. The number of carbonyl (C=O) groups excluding carboxylic acids is 1. The van der Waals surface area contributed by atoms with Crippen molar-refractivity contribution in [2.45, 2.75) is 51.3 Å². The molecule has 0 spiro atoms. The first kappa shape index (κ1) is 25.2. The van der Waals surface area contributed by atoms with E-state index in [0.29, 0.717) is 40.4 Å². The summed E-state index contributed by atoms with van der Waals surface area (Å²) in [7, 11) is 1.63. The van der Waals surface area contributed by atoms with Crippen LogP contribution in [-0.2, 0) is 13.2 Å². The predicted molar refractivity (Wildman–Crippen MR) is 142 cm³/mol. The third-order valence-electron chi connectivity index (χ3n) is 6.27. The van der Waals surface area contributed by atoms with Gasteiger partial charge < -0.3 is 19.7 Å². The standard InChI is InChI=1S/C28H30Cl2N2O3/c1-34-27-16-21(12-15-26(27)35-19-20-8-4-2-5-9-20)18-32(23-10-6-3-7-11-23)28(33)31-25-14-13-22(29)17-24(25)30/h2,4-5,8-9,12-17,23H,3,6-7,10-11,18-19H2,1H3,(H,31,33). The fourth-order valence-corrected chi connectivity index (χ4v) is 4.85. The lowest BCUT2D eigenvalue weighted by atomic mass is 9.94. The van der Waals surface area contributed by atoms with E-state index in [2.05, 4.69) is 5.32 Å². The number of hydrogen-bond donors (Lipinski definition) is 1. The van der Waals surface area contributed by atoms with Crippen LogP contribution in [0.2, 0.25) is 10.0 Å².